The van der Waals surface area contributed by atoms with Gasteiger partial charge in [0.15, 0.2) is 0 Å². The van der Waals surface area contributed by atoms with Gasteiger partial charge in [-0.2, -0.15) is 0 Å². The van der Waals surface area contributed by atoms with Crippen molar-refractivity contribution in [2.75, 3.05) is 0 Å². The number of hydrogen-bond donors (Lipinski definition) is 2. The maximum absolute atomic E-state index is 9.38. The van der Waals surface area contributed by atoms with Crippen LogP contribution in [0.25, 0.3) is 10.8 Å². The molecular weight excluding hydrogens is 168 g/mol. The molecule has 3 nitrogen and oxygen atoms in total. The molecule has 0 aliphatic carbocycles. The molecule has 0 saturated heterocycles. The Morgan fingerprint density at radius 1 is 0.692 bits per heavy atom. The zero-order chi connectivity index (χ0) is 8.55. The van der Waals surface area contributed by atoms with Crippen molar-refractivity contribution in [3.05, 3.63) is 36.4 Å². The highest BCUT2D eigenvalue weighted by Crippen LogP contribution is 2.29. The number of rotatable bonds is 0. The number of phenols is 2. The summed E-state index contributed by atoms with van der Waals surface area (Å²) in [7, 11) is 0. The monoisotopic (exact) mass is 178 g/mol. The number of benzene rings is 2. The van der Waals surface area contributed by atoms with Gasteiger partial charge >= 0.3 is 0 Å². The van der Waals surface area contributed by atoms with E-state index in [2.05, 4.69) is 0 Å². The Labute approximate surface area is 75.2 Å². The average molecular weight is 178 g/mol. The molecule has 0 aliphatic heterocycles. The molecule has 0 bridgehead atoms. The van der Waals surface area contributed by atoms with Crippen molar-refractivity contribution in [3.63, 3.8) is 0 Å². The first kappa shape index (κ1) is 9.35. The summed E-state index contributed by atoms with van der Waals surface area (Å²) in [5.74, 6) is 0.395. The number of hydrogen-bond acceptors (Lipinski definition) is 2. The van der Waals surface area contributed by atoms with Gasteiger partial charge in [0.25, 0.3) is 0 Å². The van der Waals surface area contributed by atoms with Gasteiger partial charge in [0.1, 0.15) is 11.5 Å². The van der Waals surface area contributed by atoms with Crippen LogP contribution in [-0.4, -0.2) is 15.7 Å². The molecule has 2 aromatic rings. The summed E-state index contributed by atoms with van der Waals surface area (Å²) >= 11 is 0. The first-order valence-corrected chi connectivity index (χ1v) is 3.69. The van der Waals surface area contributed by atoms with Gasteiger partial charge in [-0.05, 0) is 12.1 Å². The number of aromatic hydroxyl groups is 2. The topological polar surface area (TPSA) is 72.0 Å². The van der Waals surface area contributed by atoms with Gasteiger partial charge in [-0.15, -0.1) is 0 Å². The minimum atomic E-state index is 0. The third kappa shape index (κ3) is 1.41. The summed E-state index contributed by atoms with van der Waals surface area (Å²) in [5.41, 5.74) is 0. The first-order valence-electron chi connectivity index (χ1n) is 3.69. The summed E-state index contributed by atoms with van der Waals surface area (Å²) in [6, 6.07) is 10.1. The van der Waals surface area contributed by atoms with Gasteiger partial charge in [0, 0.05) is 10.8 Å². The Kier molecular flexibility index (Phi) is 2.39. The molecule has 0 radical (unpaired) electrons. The van der Waals surface area contributed by atoms with E-state index >= 15 is 0 Å². The van der Waals surface area contributed by atoms with Crippen LogP contribution in [0.4, 0.5) is 0 Å². The molecular formula is C10H10O3. The maximum Gasteiger partial charge on any atom is 0.123 e. The second-order valence-corrected chi connectivity index (χ2v) is 2.65. The second kappa shape index (κ2) is 3.33. The third-order valence-electron chi connectivity index (χ3n) is 1.88. The third-order valence-corrected chi connectivity index (χ3v) is 1.88. The Hall–Kier alpha value is -1.74. The SMILES string of the molecule is O.Oc1cccc2c(O)cccc12. The van der Waals surface area contributed by atoms with Crippen LogP contribution < -0.4 is 0 Å². The van der Waals surface area contributed by atoms with Gasteiger partial charge in [0.05, 0.1) is 0 Å². The first-order chi connectivity index (χ1) is 5.79. The lowest BCUT2D eigenvalue weighted by molar-refractivity contribution is 0.475. The van der Waals surface area contributed by atoms with Crippen molar-refractivity contribution in [1.82, 2.24) is 0 Å². The Morgan fingerprint density at radius 3 is 1.46 bits per heavy atom. The molecule has 0 unspecified atom stereocenters. The van der Waals surface area contributed by atoms with Crippen molar-refractivity contribution < 1.29 is 15.7 Å². The number of fused-ring (bicyclic) bond motifs is 1. The molecule has 0 aromatic heterocycles. The maximum atomic E-state index is 9.38. The fourth-order valence-electron chi connectivity index (χ4n) is 1.28. The summed E-state index contributed by atoms with van der Waals surface area (Å²) in [4.78, 5) is 0. The molecule has 0 spiro atoms. The molecule has 0 atom stereocenters. The summed E-state index contributed by atoms with van der Waals surface area (Å²) < 4.78 is 0. The fraction of sp³-hybridized carbons (Fsp3) is 0. The average Bonchev–Trinajstić information content (AvgIpc) is 2.07. The van der Waals surface area contributed by atoms with Gasteiger partial charge in [-0.3, -0.25) is 0 Å². The predicted molar refractivity (Wildman–Crippen MR) is 50.9 cm³/mol. The van der Waals surface area contributed by atoms with E-state index in [0.29, 0.717) is 10.8 Å². The fourth-order valence-corrected chi connectivity index (χ4v) is 1.28. The molecule has 2 aromatic carbocycles. The quantitative estimate of drug-likeness (QED) is 0.640. The van der Waals surface area contributed by atoms with E-state index in [1.807, 2.05) is 0 Å². The van der Waals surface area contributed by atoms with Crippen LogP contribution in [0, 0.1) is 0 Å². The molecule has 4 N–H and O–H groups in total. The molecule has 0 fully saturated rings. The van der Waals surface area contributed by atoms with E-state index in [1.54, 1.807) is 36.4 Å². The Balaban J connectivity index is 0.000000845. The minimum absolute atomic E-state index is 0. The molecule has 0 amide bonds. The van der Waals surface area contributed by atoms with Gasteiger partial charge in [-0.25, -0.2) is 0 Å². The van der Waals surface area contributed by atoms with Crippen molar-refractivity contribution in [2.45, 2.75) is 0 Å². The van der Waals surface area contributed by atoms with Crippen molar-refractivity contribution in [2.24, 2.45) is 0 Å². The lowest BCUT2D eigenvalue weighted by atomic mass is 10.1. The zero-order valence-electron chi connectivity index (χ0n) is 6.86. The van der Waals surface area contributed by atoms with Crippen molar-refractivity contribution in [3.8, 4) is 11.5 Å². The Morgan fingerprint density at radius 2 is 1.08 bits per heavy atom. The predicted octanol–water partition coefficient (Wildman–Crippen LogP) is 1.43. The van der Waals surface area contributed by atoms with Crippen LogP contribution in [0.3, 0.4) is 0 Å². The van der Waals surface area contributed by atoms with Crippen molar-refractivity contribution >= 4 is 10.8 Å². The summed E-state index contributed by atoms with van der Waals surface area (Å²) in [6.45, 7) is 0. The smallest absolute Gasteiger partial charge is 0.123 e. The summed E-state index contributed by atoms with van der Waals surface area (Å²) in [6.07, 6.45) is 0. The van der Waals surface area contributed by atoms with E-state index in [0.717, 1.165) is 0 Å². The van der Waals surface area contributed by atoms with E-state index in [4.69, 9.17) is 0 Å². The minimum Gasteiger partial charge on any atom is -0.507 e. The van der Waals surface area contributed by atoms with Gasteiger partial charge < -0.3 is 15.7 Å². The van der Waals surface area contributed by atoms with E-state index in [1.165, 1.54) is 0 Å². The molecule has 2 rings (SSSR count). The lowest BCUT2D eigenvalue weighted by Gasteiger charge is -2.01. The zero-order valence-corrected chi connectivity index (χ0v) is 6.86. The van der Waals surface area contributed by atoms with E-state index in [-0.39, 0.29) is 17.0 Å². The normalized spacial score (nSPS) is 9.54. The molecule has 0 aliphatic rings. The van der Waals surface area contributed by atoms with Gasteiger partial charge in [0.2, 0.25) is 0 Å². The molecule has 3 heteroatoms. The van der Waals surface area contributed by atoms with Gasteiger partial charge in [-0.1, -0.05) is 24.3 Å². The highest BCUT2D eigenvalue weighted by atomic mass is 16.3. The highest BCUT2D eigenvalue weighted by Gasteiger charge is 2.00. The molecule has 13 heavy (non-hydrogen) atoms. The molecule has 68 valence electrons. The molecule has 0 saturated carbocycles. The van der Waals surface area contributed by atoms with Crippen LogP contribution in [0.2, 0.25) is 0 Å². The van der Waals surface area contributed by atoms with E-state index in [9.17, 15) is 10.2 Å². The largest absolute Gasteiger partial charge is 0.507 e. The highest BCUT2D eigenvalue weighted by molar-refractivity contribution is 5.92. The van der Waals surface area contributed by atoms with Crippen LogP contribution >= 0.6 is 0 Å². The summed E-state index contributed by atoms with van der Waals surface area (Å²) in [5, 5.41) is 20.1. The van der Waals surface area contributed by atoms with Crippen LogP contribution in [0.15, 0.2) is 36.4 Å². The second-order valence-electron chi connectivity index (χ2n) is 2.65. The lowest BCUT2D eigenvalue weighted by Crippen LogP contribution is -1.73. The van der Waals surface area contributed by atoms with E-state index < -0.39 is 0 Å². The van der Waals surface area contributed by atoms with Crippen LogP contribution in [-0.2, 0) is 0 Å². The Bertz CT molecular complexity index is 382. The van der Waals surface area contributed by atoms with Crippen LogP contribution in [0.5, 0.6) is 11.5 Å². The van der Waals surface area contributed by atoms with Crippen molar-refractivity contribution in [1.29, 1.82) is 0 Å². The van der Waals surface area contributed by atoms with Crippen LogP contribution in [0.1, 0.15) is 0 Å². The standard InChI is InChI=1S/C10H8O2.H2O/c11-9-5-1-3-7-8(9)4-2-6-10(7)12;/h1-6,11-12H;1H2. The number of phenolic OH excluding ortho intramolecular Hbond substituents is 2. The molecule has 0 heterocycles.